The summed E-state index contributed by atoms with van der Waals surface area (Å²) in [6, 6.07) is 14.3. The van der Waals surface area contributed by atoms with Crippen LogP contribution >= 0.6 is 34.5 Å². The van der Waals surface area contributed by atoms with E-state index < -0.39 is 0 Å². The van der Waals surface area contributed by atoms with Gasteiger partial charge in [0.15, 0.2) is 0 Å². The number of hydrogen-bond acceptors (Lipinski definition) is 3. The largest absolute Gasteiger partial charge is 0.337 e. The first-order valence-electron chi connectivity index (χ1n) is 9.84. The minimum absolute atomic E-state index is 0.257. The van der Waals surface area contributed by atoms with Gasteiger partial charge in [-0.3, -0.25) is 9.36 Å². The van der Waals surface area contributed by atoms with E-state index in [4.69, 9.17) is 23.2 Å². The summed E-state index contributed by atoms with van der Waals surface area (Å²) < 4.78 is 2.95. The number of aryl methyl sites for hydroxylation is 2. The molecule has 5 rings (SSSR count). The van der Waals surface area contributed by atoms with Crippen LogP contribution in [0.1, 0.15) is 28.8 Å². The quantitative estimate of drug-likeness (QED) is 0.411. The Kier molecular flexibility index (Phi) is 5.05. The minimum Gasteiger partial charge on any atom is -0.279 e. The number of benzene rings is 2. The van der Waals surface area contributed by atoms with Crippen molar-refractivity contribution in [1.82, 2.24) is 9.13 Å². The summed E-state index contributed by atoms with van der Waals surface area (Å²) in [6.07, 6.45) is 3.99. The third-order valence-electron chi connectivity index (χ3n) is 5.61. The van der Waals surface area contributed by atoms with E-state index in [-0.39, 0.29) is 11.2 Å². The molecule has 0 saturated carbocycles. The third-order valence-corrected chi connectivity index (χ3v) is 7.54. The molecule has 0 radical (unpaired) electrons. The smallest absolute Gasteiger partial charge is 0.279 e. The van der Waals surface area contributed by atoms with Gasteiger partial charge in [0.05, 0.1) is 17.6 Å². The molecule has 0 fully saturated rings. The van der Waals surface area contributed by atoms with Gasteiger partial charge in [-0.15, -0.1) is 11.3 Å². The lowest BCUT2D eigenvalue weighted by molar-refractivity contribution is 0.696. The average Bonchev–Trinajstić information content (AvgIpc) is 3.13. The highest BCUT2D eigenvalue weighted by molar-refractivity contribution is 7.18. The van der Waals surface area contributed by atoms with Gasteiger partial charge in [-0.25, -0.2) is 9.36 Å². The van der Waals surface area contributed by atoms with Gasteiger partial charge in [0.2, 0.25) is 0 Å². The molecule has 2 heterocycles. The Morgan fingerprint density at radius 3 is 2.43 bits per heavy atom. The summed E-state index contributed by atoms with van der Waals surface area (Å²) in [5.41, 5.74) is 1.83. The van der Waals surface area contributed by atoms with Gasteiger partial charge >= 0.3 is 5.69 Å². The lowest BCUT2D eigenvalue weighted by Crippen LogP contribution is -2.39. The summed E-state index contributed by atoms with van der Waals surface area (Å²) >= 11 is 14.0. The van der Waals surface area contributed by atoms with E-state index in [2.05, 4.69) is 0 Å². The molecule has 30 heavy (non-hydrogen) atoms. The van der Waals surface area contributed by atoms with E-state index >= 15 is 0 Å². The molecule has 0 saturated heterocycles. The van der Waals surface area contributed by atoms with Gasteiger partial charge in [0, 0.05) is 14.9 Å². The molecule has 1 aliphatic carbocycles. The molecule has 0 spiro atoms. The van der Waals surface area contributed by atoms with Gasteiger partial charge in [-0.2, -0.15) is 0 Å². The molecule has 0 amide bonds. The van der Waals surface area contributed by atoms with Crippen LogP contribution < -0.4 is 11.2 Å². The SMILES string of the molecule is O=c1c2c3c(sc2n(Cc2ccccc2Cl)c(=O)n1-c1ccc(Cl)cc1)CCCC3. The van der Waals surface area contributed by atoms with Crippen molar-refractivity contribution in [1.29, 1.82) is 0 Å². The number of halogens is 2. The van der Waals surface area contributed by atoms with Gasteiger partial charge < -0.3 is 0 Å². The number of nitrogens with zero attached hydrogens (tertiary/aromatic N) is 2. The van der Waals surface area contributed by atoms with Crippen LogP contribution in [0.25, 0.3) is 15.9 Å². The fraction of sp³-hybridized carbons (Fsp3) is 0.217. The van der Waals surface area contributed by atoms with Crippen LogP contribution in [0.2, 0.25) is 10.0 Å². The maximum absolute atomic E-state index is 13.6. The molecular formula is C23H18Cl2N2O2S. The molecular weight excluding hydrogens is 439 g/mol. The average molecular weight is 457 g/mol. The molecule has 4 nitrogen and oxygen atoms in total. The summed E-state index contributed by atoms with van der Waals surface area (Å²) in [7, 11) is 0. The van der Waals surface area contributed by atoms with Crippen LogP contribution in [0.4, 0.5) is 0 Å². The third kappa shape index (κ3) is 3.22. The Morgan fingerprint density at radius 1 is 0.933 bits per heavy atom. The molecule has 4 aromatic rings. The first-order valence-corrected chi connectivity index (χ1v) is 11.4. The highest BCUT2D eigenvalue weighted by Crippen LogP contribution is 2.34. The number of hydrogen-bond donors (Lipinski definition) is 0. The molecule has 152 valence electrons. The molecule has 1 aliphatic rings. The molecule has 0 aliphatic heterocycles. The molecule has 0 N–H and O–H groups in total. The number of fused-ring (bicyclic) bond motifs is 3. The van der Waals surface area contributed by atoms with Crippen molar-refractivity contribution in [2.24, 2.45) is 0 Å². The van der Waals surface area contributed by atoms with Crippen molar-refractivity contribution in [3.05, 3.63) is 95.4 Å². The molecule has 2 aromatic heterocycles. The second-order valence-corrected chi connectivity index (χ2v) is 9.40. The van der Waals surface area contributed by atoms with Crippen molar-refractivity contribution in [3.8, 4) is 5.69 Å². The molecule has 7 heteroatoms. The van der Waals surface area contributed by atoms with Gasteiger partial charge in [-0.1, -0.05) is 41.4 Å². The Morgan fingerprint density at radius 2 is 1.67 bits per heavy atom. The van der Waals surface area contributed by atoms with Gasteiger partial charge in [0.25, 0.3) is 5.56 Å². The first kappa shape index (κ1) is 19.6. The number of thiophene rings is 1. The van der Waals surface area contributed by atoms with E-state index in [0.717, 1.165) is 41.6 Å². The fourth-order valence-corrected chi connectivity index (χ4v) is 5.82. The summed E-state index contributed by atoms with van der Waals surface area (Å²) in [5.74, 6) is 0. The Hall–Kier alpha value is -2.34. The molecule has 0 atom stereocenters. The van der Waals surface area contributed by atoms with E-state index in [1.807, 2.05) is 24.3 Å². The van der Waals surface area contributed by atoms with E-state index in [0.29, 0.717) is 27.7 Å². The van der Waals surface area contributed by atoms with E-state index in [9.17, 15) is 9.59 Å². The summed E-state index contributed by atoms with van der Waals surface area (Å²) in [4.78, 5) is 29.1. The monoisotopic (exact) mass is 456 g/mol. The Balaban J connectivity index is 1.84. The standard InChI is InChI=1S/C23H18Cl2N2O2S/c24-15-9-11-16(12-10-15)27-21(28)20-17-6-2-4-8-19(17)30-22(20)26(23(27)29)13-14-5-1-3-7-18(14)25/h1,3,5,7,9-12H,2,4,6,8,13H2. The van der Waals surface area contributed by atoms with Crippen LogP contribution in [0, 0.1) is 0 Å². The summed E-state index contributed by atoms with van der Waals surface area (Å²) in [6.45, 7) is 0.308. The van der Waals surface area contributed by atoms with Crippen LogP contribution in [-0.4, -0.2) is 9.13 Å². The Labute approximate surface area is 186 Å². The number of rotatable bonds is 3. The lowest BCUT2D eigenvalue weighted by Gasteiger charge is -2.14. The lowest BCUT2D eigenvalue weighted by atomic mass is 9.97. The predicted octanol–water partition coefficient (Wildman–Crippen LogP) is 5.45. The molecule has 2 aromatic carbocycles. The zero-order valence-corrected chi connectivity index (χ0v) is 18.4. The first-order chi connectivity index (χ1) is 14.5. The van der Waals surface area contributed by atoms with Crippen LogP contribution in [-0.2, 0) is 19.4 Å². The predicted molar refractivity (Wildman–Crippen MR) is 124 cm³/mol. The van der Waals surface area contributed by atoms with Crippen molar-refractivity contribution < 1.29 is 0 Å². The van der Waals surface area contributed by atoms with Crippen molar-refractivity contribution in [2.75, 3.05) is 0 Å². The van der Waals surface area contributed by atoms with Crippen LogP contribution in [0.3, 0.4) is 0 Å². The van der Waals surface area contributed by atoms with E-state index in [1.165, 1.54) is 9.44 Å². The minimum atomic E-state index is -0.367. The highest BCUT2D eigenvalue weighted by Gasteiger charge is 2.24. The normalized spacial score (nSPS) is 13.5. The maximum Gasteiger partial charge on any atom is 0.337 e. The van der Waals surface area contributed by atoms with Crippen molar-refractivity contribution >= 4 is 44.8 Å². The zero-order chi connectivity index (χ0) is 20.8. The van der Waals surface area contributed by atoms with Crippen LogP contribution in [0.5, 0.6) is 0 Å². The zero-order valence-electron chi connectivity index (χ0n) is 16.0. The fourth-order valence-electron chi connectivity index (χ4n) is 4.12. The number of aromatic nitrogens is 2. The highest BCUT2D eigenvalue weighted by atomic mass is 35.5. The second kappa shape index (κ2) is 7.73. The van der Waals surface area contributed by atoms with Gasteiger partial charge in [0.1, 0.15) is 4.83 Å². The van der Waals surface area contributed by atoms with Crippen LogP contribution in [0.15, 0.2) is 58.1 Å². The summed E-state index contributed by atoms with van der Waals surface area (Å²) in [5, 5.41) is 1.82. The van der Waals surface area contributed by atoms with Crippen molar-refractivity contribution in [2.45, 2.75) is 32.2 Å². The maximum atomic E-state index is 13.6. The van der Waals surface area contributed by atoms with E-state index in [1.54, 1.807) is 40.2 Å². The molecule has 0 unspecified atom stereocenters. The second-order valence-electron chi connectivity index (χ2n) is 7.47. The topological polar surface area (TPSA) is 44.0 Å². The Bertz CT molecular complexity index is 1380. The molecule has 0 bridgehead atoms. The van der Waals surface area contributed by atoms with Crippen molar-refractivity contribution in [3.63, 3.8) is 0 Å². The van der Waals surface area contributed by atoms with Gasteiger partial charge in [-0.05, 0) is 67.1 Å².